The zero-order valence-electron chi connectivity index (χ0n) is 13.4. The van der Waals surface area contributed by atoms with E-state index in [-0.39, 0.29) is 33.8 Å². The van der Waals surface area contributed by atoms with Crippen LogP contribution in [0.4, 0.5) is 21.0 Å². The number of carbonyl (C=O) groups is 4. The topological polar surface area (TPSA) is 74.8 Å². The molecule has 0 bridgehead atoms. The summed E-state index contributed by atoms with van der Waals surface area (Å²) in [5.74, 6) is -0.0763. The first kappa shape index (κ1) is 16.9. The van der Waals surface area contributed by atoms with Gasteiger partial charge in [-0.3, -0.25) is 19.2 Å². The van der Waals surface area contributed by atoms with Gasteiger partial charge >= 0.3 is 0 Å². The number of amides is 4. The predicted octanol–water partition coefficient (Wildman–Crippen LogP) is 3.75. The fourth-order valence-corrected chi connectivity index (χ4v) is 4.24. The van der Waals surface area contributed by atoms with E-state index in [9.17, 15) is 19.2 Å². The van der Waals surface area contributed by atoms with E-state index in [1.807, 2.05) is 24.3 Å². The second kappa shape index (κ2) is 6.62. The molecule has 130 valence electrons. The first-order valence-electron chi connectivity index (χ1n) is 7.74. The third kappa shape index (κ3) is 2.91. The van der Waals surface area contributed by atoms with Gasteiger partial charge in [-0.1, -0.05) is 47.8 Å². The summed E-state index contributed by atoms with van der Waals surface area (Å²) in [6.07, 6.45) is 0. The SMILES string of the molecule is O=C1CSC(=O)N1c1ccc(-c2ccc(N3C(=O)CSC3=O)cc2)cc1. The summed E-state index contributed by atoms with van der Waals surface area (Å²) in [7, 11) is 0. The van der Waals surface area contributed by atoms with Crippen molar-refractivity contribution in [3.05, 3.63) is 48.5 Å². The maximum Gasteiger partial charge on any atom is 0.293 e. The first-order valence-corrected chi connectivity index (χ1v) is 9.71. The molecular formula is C18H12N2O4S2. The van der Waals surface area contributed by atoms with Gasteiger partial charge in [0, 0.05) is 0 Å². The number of rotatable bonds is 3. The molecule has 0 aliphatic carbocycles. The molecule has 4 rings (SSSR count). The Morgan fingerprint density at radius 1 is 0.577 bits per heavy atom. The van der Waals surface area contributed by atoms with E-state index in [1.54, 1.807) is 24.3 Å². The number of hydrogen-bond donors (Lipinski definition) is 0. The van der Waals surface area contributed by atoms with Crippen molar-refractivity contribution >= 4 is 57.2 Å². The van der Waals surface area contributed by atoms with E-state index < -0.39 is 0 Å². The van der Waals surface area contributed by atoms with Gasteiger partial charge in [0.25, 0.3) is 10.5 Å². The Kier molecular flexibility index (Phi) is 4.29. The molecule has 0 unspecified atom stereocenters. The summed E-state index contributed by atoms with van der Waals surface area (Å²) in [4.78, 5) is 49.4. The average molecular weight is 384 g/mol. The van der Waals surface area contributed by atoms with Crippen LogP contribution in [0.1, 0.15) is 0 Å². The quantitative estimate of drug-likeness (QED) is 0.802. The highest BCUT2D eigenvalue weighted by molar-refractivity contribution is 8.15. The second-order valence-corrected chi connectivity index (χ2v) is 7.51. The summed E-state index contributed by atoms with van der Waals surface area (Å²) >= 11 is 2.00. The monoisotopic (exact) mass is 384 g/mol. The Morgan fingerprint density at radius 2 is 0.923 bits per heavy atom. The molecule has 2 saturated heterocycles. The summed E-state index contributed by atoms with van der Waals surface area (Å²) in [6, 6.07) is 14.2. The number of hydrogen-bond acceptors (Lipinski definition) is 6. The van der Waals surface area contributed by atoms with Crippen LogP contribution in [0.15, 0.2) is 48.5 Å². The van der Waals surface area contributed by atoms with Gasteiger partial charge in [0.1, 0.15) is 0 Å². The lowest BCUT2D eigenvalue weighted by atomic mass is 10.0. The minimum absolute atomic E-state index is 0.175. The highest BCUT2D eigenvalue weighted by Gasteiger charge is 2.32. The van der Waals surface area contributed by atoms with Crippen molar-refractivity contribution in [2.24, 2.45) is 0 Å². The number of nitrogens with zero attached hydrogens (tertiary/aromatic N) is 2. The highest BCUT2D eigenvalue weighted by atomic mass is 32.2. The largest absolute Gasteiger partial charge is 0.293 e. The first-order chi connectivity index (χ1) is 12.5. The fourth-order valence-electron chi connectivity index (χ4n) is 2.81. The van der Waals surface area contributed by atoms with E-state index in [4.69, 9.17) is 0 Å². The van der Waals surface area contributed by atoms with Gasteiger partial charge in [-0.05, 0) is 35.4 Å². The molecule has 8 heteroatoms. The van der Waals surface area contributed by atoms with Crippen molar-refractivity contribution in [1.82, 2.24) is 0 Å². The Bertz CT molecular complexity index is 816. The normalized spacial score (nSPS) is 17.5. The summed E-state index contributed by atoms with van der Waals surface area (Å²) < 4.78 is 0. The number of anilines is 2. The van der Waals surface area contributed by atoms with Crippen LogP contribution in [0.2, 0.25) is 0 Å². The van der Waals surface area contributed by atoms with Gasteiger partial charge in [0.15, 0.2) is 0 Å². The molecule has 2 fully saturated rings. The van der Waals surface area contributed by atoms with Gasteiger partial charge in [-0.2, -0.15) is 0 Å². The van der Waals surface area contributed by atoms with Gasteiger partial charge < -0.3 is 0 Å². The molecule has 2 aromatic carbocycles. The highest BCUT2D eigenvalue weighted by Crippen LogP contribution is 2.31. The molecule has 2 aliphatic heterocycles. The van der Waals surface area contributed by atoms with Gasteiger partial charge in [-0.25, -0.2) is 9.80 Å². The Labute approximate surface area is 157 Å². The third-order valence-electron chi connectivity index (χ3n) is 4.09. The Morgan fingerprint density at radius 3 is 1.19 bits per heavy atom. The zero-order chi connectivity index (χ0) is 18.3. The van der Waals surface area contributed by atoms with E-state index >= 15 is 0 Å². The van der Waals surface area contributed by atoms with Gasteiger partial charge in [0.05, 0.1) is 22.9 Å². The fraction of sp³-hybridized carbons (Fsp3) is 0.111. The van der Waals surface area contributed by atoms with E-state index in [0.717, 1.165) is 34.7 Å². The van der Waals surface area contributed by atoms with Gasteiger partial charge in [0.2, 0.25) is 11.8 Å². The molecule has 26 heavy (non-hydrogen) atoms. The molecule has 0 aromatic heterocycles. The van der Waals surface area contributed by atoms with Crippen molar-refractivity contribution < 1.29 is 19.2 Å². The molecule has 0 saturated carbocycles. The van der Waals surface area contributed by atoms with E-state index in [2.05, 4.69) is 0 Å². The van der Waals surface area contributed by atoms with Crippen LogP contribution < -0.4 is 9.80 Å². The van der Waals surface area contributed by atoms with Crippen LogP contribution in [0.3, 0.4) is 0 Å². The van der Waals surface area contributed by atoms with E-state index in [0.29, 0.717) is 11.4 Å². The lowest BCUT2D eigenvalue weighted by Gasteiger charge is -2.14. The molecule has 2 heterocycles. The molecule has 2 aromatic rings. The van der Waals surface area contributed by atoms with Crippen LogP contribution in [0.25, 0.3) is 11.1 Å². The lowest BCUT2D eigenvalue weighted by molar-refractivity contribution is -0.116. The molecule has 0 atom stereocenters. The van der Waals surface area contributed by atoms with Crippen LogP contribution in [0, 0.1) is 0 Å². The van der Waals surface area contributed by atoms with Crippen LogP contribution in [-0.4, -0.2) is 33.8 Å². The average Bonchev–Trinajstić information content (AvgIpc) is 3.16. The smallest absolute Gasteiger partial charge is 0.273 e. The van der Waals surface area contributed by atoms with Crippen molar-refractivity contribution in [3.8, 4) is 11.1 Å². The molecule has 0 spiro atoms. The number of carbonyl (C=O) groups excluding carboxylic acids is 4. The maximum absolute atomic E-state index is 11.8. The number of benzene rings is 2. The molecule has 0 N–H and O–H groups in total. The zero-order valence-corrected chi connectivity index (χ0v) is 15.0. The van der Waals surface area contributed by atoms with Crippen molar-refractivity contribution in [1.29, 1.82) is 0 Å². The standard InChI is InChI=1S/C18H12N2O4S2/c21-15-9-25-17(23)19(15)13-5-1-11(2-6-13)12-3-7-14(8-4-12)20-16(22)10-26-18(20)24/h1-8H,9-10H2. The Hall–Kier alpha value is -2.58. The minimum atomic E-state index is -0.259. The maximum atomic E-state index is 11.8. The van der Waals surface area contributed by atoms with Crippen LogP contribution in [-0.2, 0) is 9.59 Å². The third-order valence-corrected chi connectivity index (χ3v) is 5.73. The van der Waals surface area contributed by atoms with Gasteiger partial charge in [-0.15, -0.1) is 0 Å². The van der Waals surface area contributed by atoms with Crippen molar-refractivity contribution in [2.45, 2.75) is 0 Å². The molecule has 4 amide bonds. The van der Waals surface area contributed by atoms with Crippen molar-refractivity contribution in [2.75, 3.05) is 21.3 Å². The molecule has 6 nitrogen and oxygen atoms in total. The lowest BCUT2D eigenvalue weighted by Crippen LogP contribution is -2.28. The summed E-state index contributed by atoms with van der Waals surface area (Å²) in [6.45, 7) is 0. The van der Waals surface area contributed by atoms with Crippen molar-refractivity contribution in [3.63, 3.8) is 0 Å². The summed E-state index contributed by atoms with van der Waals surface area (Å²) in [5, 5.41) is -0.519. The van der Waals surface area contributed by atoms with Crippen LogP contribution >= 0.6 is 23.5 Å². The number of thioether (sulfide) groups is 2. The Balaban J connectivity index is 1.56. The molecule has 0 radical (unpaired) electrons. The minimum Gasteiger partial charge on any atom is -0.273 e. The molecule has 2 aliphatic rings. The summed E-state index contributed by atoms with van der Waals surface area (Å²) in [5.41, 5.74) is 2.91. The molecular weight excluding hydrogens is 372 g/mol. The second-order valence-electron chi connectivity index (χ2n) is 5.66. The van der Waals surface area contributed by atoms with E-state index in [1.165, 1.54) is 9.80 Å². The predicted molar refractivity (Wildman–Crippen MR) is 103 cm³/mol. The number of imide groups is 2. The van der Waals surface area contributed by atoms with Crippen LogP contribution in [0.5, 0.6) is 0 Å².